The van der Waals surface area contributed by atoms with Crippen LogP contribution >= 0.6 is 34.3 Å². The molecule has 0 bridgehead atoms. The highest BCUT2D eigenvalue weighted by Gasteiger charge is 2.20. The number of nitrogens with zero attached hydrogens (tertiary/aromatic N) is 1. The molecule has 0 aliphatic rings. The van der Waals surface area contributed by atoms with Crippen LogP contribution in [0.2, 0.25) is 4.34 Å². The first-order chi connectivity index (χ1) is 9.24. The highest BCUT2D eigenvalue weighted by atomic mass is 35.5. The van der Waals surface area contributed by atoms with Crippen LogP contribution in [0.1, 0.15) is 35.6 Å². The van der Waals surface area contributed by atoms with Gasteiger partial charge in [0.25, 0.3) is 0 Å². The maximum atomic E-state index is 8.88. The molecule has 0 amide bonds. The zero-order valence-corrected chi connectivity index (χ0v) is 13.0. The molecule has 2 nitrogen and oxygen atoms in total. The van der Waals surface area contributed by atoms with E-state index in [1.165, 1.54) is 9.75 Å². The average molecular weight is 311 g/mol. The second-order valence-corrected chi connectivity index (χ2v) is 6.95. The number of hydrogen-bond acceptors (Lipinski definition) is 4. The third-order valence-electron chi connectivity index (χ3n) is 2.94. The van der Waals surface area contributed by atoms with Gasteiger partial charge in [-0.25, -0.2) is 0 Å². The molecule has 100 valence electrons. The van der Waals surface area contributed by atoms with Gasteiger partial charge in [-0.3, -0.25) is 0 Å². The molecule has 0 spiro atoms. The molecule has 2 heterocycles. The van der Waals surface area contributed by atoms with Crippen molar-refractivity contribution in [3.8, 4) is 6.07 Å². The van der Waals surface area contributed by atoms with Crippen molar-refractivity contribution in [2.75, 3.05) is 0 Å². The first kappa shape index (κ1) is 14.5. The highest BCUT2D eigenvalue weighted by molar-refractivity contribution is 7.16. The highest BCUT2D eigenvalue weighted by Crippen LogP contribution is 2.33. The summed E-state index contributed by atoms with van der Waals surface area (Å²) in [5.74, 6) is 0. The Morgan fingerprint density at radius 2 is 2.21 bits per heavy atom. The Labute approximate surface area is 126 Å². The van der Waals surface area contributed by atoms with Gasteiger partial charge in [-0.05, 0) is 30.0 Å². The molecule has 0 aliphatic heterocycles. The van der Waals surface area contributed by atoms with Gasteiger partial charge in [0, 0.05) is 15.8 Å². The standard InChI is InChI=1S/C14H15ClN2S2/c1-2-10(7-8-16)17-14(11-4-3-9-18-11)12-5-6-13(15)19-12/h3-6,9-10,14,17H,2,7H2,1H3. The predicted molar refractivity (Wildman–Crippen MR) is 82.9 cm³/mol. The van der Waals surface area contributed by atoms with Gasteiger partial charge in [-0.1, -0.05) is 24.6 Å². The monoisotopic (exact) mass is 310 g/mol. The van der Waals surface area contributed by atoms with Gasteiger partial charge in [0.15, 0.2) is 0 Å². The van der Waals surface area contributed by atoms with Crippen molar-refractivity contribution >= 4 is 34.3 Å². The number of nitriles is 1. The number of halogens is 1. The topological polar surface area (TPSA) is 35.8 Å². The second-order valence-electron chi connectivity index (χ2n) is 4.22. The maximum absolute atomic E-state index is 8.88. The first-order valence-corrected chi connectivity index (χ1v) is 8.23. The van der Waals surface area contributed by atoms with Crippen LogP contribution in [0.25, 0.3) is 0 Å². The van der Waals surface area contributed by atoms with Crippen molar-refractivity contribution in [2.24, 2.45) is 0 Å². The summed E-state index contributed by atoms with van der Waals surface area (Å²) >= 11 is 9.35. The molecular formula is C14H15ClN2S2. The van der Waals surface area contributed by atoms with E-state index in [9.17, 15) is 0 Å². The van der Waals surface area contributed by atoms with E-state index in [1.54, 1.807) is 22.7 Å². The Bertz CT molecular complexity index is 542. The fourth-order valence-electron chi connectivity index (χ4n) is 1.91. The Hall–Kier alpha value is -0.860. The molecule has 0 aliphatic carbocycles. The molecule has 0 aromatic carbocycles. The van der Waals surface area contributed by atoms with E-state index in [0.717, 1.165) is 10.8 Å². The molecule has 1 N–H and O–H groups in total. The quantitative estimate of drug-likeness (QED) is 0.829. The summed E-state index contributed by atoms with van der Waals surface area (Å²) in [6, 6.07) is 10.7. The minimum atomic E-state index is 0.135. The third-order valence-corrected chi connectivity index (χ3v) is 5.17. The van der Waals surface area contributed by atoms with Gasteiger partial charge in [0.2, 0.25) is 0 Å². The minimum Gasteiger partial charge on any atom is -0.301 e. The van der Waals surface area contributed by atoms with Crippen molar-refractivity contribution < 1.29 is 0 Å². The van der Waals surface area contributed by atoms with Gasteiger partial charge in [-0.2, -0.15) is 5.26 Å². The van der Waals surface area contributed by atoms with Gasteiger partial charge >= 0.3 is 0 Å². The SMILES string of the molecule is CCC(CC#N)NC(c1cccs1)c1ccc(Cl)s1. The summed E-state index contributed by atoms with van der Waals surface area (Å²) < 4.78 is 0.798. The molecule has 0 saturated heterocycles. The summed E-state index contributed by atoms with van der Waals surface area (Å²) in [6.07, 6.45) is 1.46. The molecule has 2 unspecified atom stereocenters. The van der Waals surface area contributed by atoms with Gasteiger partial charge < -0.3 is 5.32 Å². The number of nitrogens with one attached hydrogen (secondary N) is 1. The van der Waals surface area contributed by atoms with Crippen molar-refractivity contribution in [3.63, 3.8) is 0 Å². The maximum Gasteiger partial charge on any atom is 0.0931 e. The summed E-state index contributed by atoms with van der Waals surface area (Å²) in [5.41, 5.74) is 0. The van der Waals surface area contributed by atoms with Crippen LogP contribution in [0.15, 0.2) is 29.6 Å². The molecule has 0 fully saturated rings. The normalized spacial score (nSPS) is 13.9. The van der Waals surface area contributed by atoms with Crippen LogP contribution in [-0.4, -0.2) is 6.04 Å². The van der Waals surface area contributed by atoms with Crippen LogP contribution in [-0.2, 0) is 0 Å². The van der Waals surface area contributed by atoms with Crippen LogP contribution in [0.4, 0.5) is 0 Å². The van der Waals surface area contributed by atoms with Crippen molar-refractivity contribution in [2.45, 2.75) is 31.8 Å². The van der Waals surface area contributed by atoms with Crippen molar-refractivity contribution in [3.05, 3.63) is 43.7 Å². The summed E-state index contributed by atoms with van der Waals surface area (Å²) in [6.45, 7) is 2.10. The lowest BCUT2D eigenvalue weighted by Gasteiger charge is -2.22. The number of thiophene rings is 2. The molecule has 2 rings (SSSR count). The largest absolute Gasteiger partial charge is 0.301 e. The summed E-state index contributed by atoms with van der Waals surface area (Å²) in [5, 5.41) is 14.5. The zero-order chi connectivity index (χ0) is 13.7. The lowest BCUT2D eigenvalue weighted by Crippen LogP contribution is -2.32. The van der Waals surface area contributed by atoms with E-state index in [2.05, 4.69) is 41.9 Å². The zero-order valence-electron chi connectivity index (χ0n) is 10.6. The molecule has 0 radical (unpaired) electrons. The summed E-state index contributed by atoms with van der Waals surface area (Å²) in [4.78, 5) is 2.46. The Balaban J connectivity index is 2.23. The lowest BCUT2D eigenvalue weighted by molar-refractivity contribution is 0.471. The molecule has 2 aromatic heterocycles. The fraction of sp³-hybridized carbons (Fsp3) is 0.357. The molecule has 5 heteroatoms. The van der Waals surface area contributed by atoms with Crippen molar-refractivity contribution in [1.82, 2.24) is 5.32 Å². The van der Waals surface area contributed by atoms with E-state index < -0.39 is 0 Å². The predicted octanol–water partition coefficient (Wildman–Crippen LogP) is 4.83. The van der Waals surface area contributed by atoms with Crippen LogP contribution < -0.4 is 5.32 Å². The van der Waals surface area contributed by atoms with E-state index in [0.29, 0.717) is 6.42 Å². The Kier molecular flexibility index (Phi) is 5.41. The molecule has 2 atom stereocenters. The average Bonchev–Trinajstić information content (AvgIpc) is 3.06. The Morgan fingerprint density at radius 1 is 1.37 bits per heavy atom. The van der Waals surface area contributed by atoms with E-state index >= 15 is 0 Å². The fourth-order valence-corrected chi connectivity index (χ4v) is 3.93. The first-order valence-electron chi connectivity index (χ1n) is 6.16. The van der Waals surface area contributed by atoms with Crippen molar-refractivity contribution in [1.29, 1.82) is 5.26 Å². The molecular weight excluding hydrogens is 296 g/mol. The smallest absolute Gasteiger partial charge is 0.0931 e. The minimum absolute atomic E-state index is 0.135. The molecule has 2 aromatic rings. The van der Waals surface area contributed by atoms with Gasteiger partial charge in [0.05, 0.1) is 22.9 Å². The van der Waals surface area contributed by atoms with Gasteiger partial charge in [-0.15, -0.1) is 22.7 Å². The van der Waals surface area contributed by atoms with E-state index in [4.69, 9.17) is 16.9 Å². The van der Waals surface area contributed by atoms with E-state index in [1.807, 2.05) is 6.07 Å². The Morgan fingerprint density at radius 3 is 2.74 bits per heavy atom. The van der Waals surface area contributed by atoms with E-state index in [-0.39, 0.29) is 12.1 Å². The van der Waals surface area contributed by atoms with Crippen LogP contribution in [0, 0.1) is 11.3 Å². The second kappa shape index (κ2) is 7.06. The summed E-state index contributed by atoms with van der Waals surface area (Å²) in [7, 11) is 0. The number of hydrogen-bond donors (Lipinski definition) is 1. The van der Waals surface area contributed by atoms with Crippen LogP contribution in [0.5, 0.6) is 0 Å². The molecule has 0 saturated carbocycles. The van der Waals surface area contributed by atoms with Crippen LogP contribution in [0.3, 0.4) is 0 Å². The lowest BCUT2D eigenvalue weighted by atomic mass is 10.1. The molecule has 19 heavy (non-hydrogen) atoms. The van der Waals surface area contributed by atoms with Gasteiger partial charge in [0.1, 0.15) is 0 Å². The third kappa shape index (κ3) is 3.80. The number of rotatable bonds is 6.